The quantitative estimate of drug-likeness (QED) is 0.811. The highest BCUT2D eigenvalue weighted by atomic mass is 16.2. The maximum atomic E-state index is 12.6. The van der Waals surface area contributed by atoms with Gasteiger partial charge in [0.15, 0.2) is 0 Å². The molecule has 1 amide bonds. The molecule has 1 fully saturated rings. The van der Waals surface area contributed by atoms with Crippen LogP contribution in [0.15, 0.2) is 0 Å². The fourth-order valence-electron chi connectivity index (χ4n) is 3.19. The Morgan fingerprint density at radius 1 is 1.29 bits per heavy atom. The van der Waals surface area contributed by atoms with Crippen LogP contribution >= 0.6 is 0 Å². The minimum Gasteiger partial charge on any atom is -0.340 e. The first-order chi connectivity index (χ1) is 9.74. The van der Waals surface area contributed by atoms with Gasteiger partial charge in [-0.1, -0.05) is 48.0 Å². The average molecular weight is 296 g/mol. The third kappa shape index (κ3) is 6.37. The Kier molecular flexibility index (Phi) is 7.19. The minimum absolute atomic E-state index is 0.267. The van der Waals surface area contributed by atoms with E-state index in [1.807, 2.05) is 20.8 Å². The molecule has 2 atom stereocenters. The monoisotopic (exact) mass is 296 g/mol. The molecule has 0 radical (unpaired) electrons. The van der Waals surface area contributed by atoms with Crippen LogP contribution in [0.4, 0.5) is 0 Å². The number of hydrogen-bond acceptors (Lipinski definition) is 2. The van der Waals surface area contributed by atoms with Gasteiger partial charge in [0.25, 0.3) is 0 Å². The number of carbonyl (C=O) groups is 1. The van der Waals surface area contributed by atoms with Gasteiger partial charge in [-0.2, -0.15) is 0 Å². The van der Waals surface area contributed by atoms with Crippen molar-refractivity contribution in [3.63, 3.8) is 0 Å². The lowest BCUT2D eigenvalue weighted by Gasteiger charge is -2.41. The van der Waals surface area contributed by atoms with Gasteiger partial charge < -0.3 is 10.2 Å². The normalized spacial score (nSPS) is 23.7. The smallest absolute Gasteiger partial charge is 0.228 e. The van der Waals surface area contributed by atoms with Crippen molar-refractivity contribution >= 4 is 5.91 Å². The number of hydrogen-bond donors (Lipinski definition) is 1. The zero-order chi connectivity index (χ0) is 16.0. The Labute approximate surface area is 131 Å². The maximum Gasteiger partial charge on any atom is 0.228 e. The van der Waals surface area contributed by atoms with Gasteiger partial charge in [-0.25, -0.2) is 0 Å². The lowest BCUT2D eigenvalue weighted by atomic mass is 9.87. The van der Waals surface area contributed by atoms with Crippen molar-refractivity contribution in [3.8, 4) is 0 Å². The second-order valence-corrected chi connectivity index (χ2v) is 8.18. The number of likely N-dealkylation sites (tertiary alicyclic amines) is 1. The highest BCUT2D eigenvalue weighted by Gasteiger charge is 2.34. The molecule has 1 saturated heterocycles. The van der Waals surface area contributed by atoms with Crippen LogP contribution in [0.5, 0.6) is 0 Å². The molecule has 3 nitrogen and oxygen atoms in total. The van der Waals surface area contributed by atoms with Crippen molar-refractivity contribution in [1.29, 1.82) is 0 Å². The lowest BCUT2D eigenvalue weighted by molar-refractivity contribution is -0.142. The summed E-state index contributed by atoms with van der Waals surface area (Å²) in [6.07, 6.45) is 4.87. The lowest BCUT2D eigenvalue weighted by Crippen LogP contribution is -2.53. The van der Waals surface area contributed by atoms with Crippen LogP contribution in [0, 0.1) is 17.3 Å². The summed E-state index contributed by atoms with van der Waals surface area (Å²) < 4.78 is 0. The van der Waals surface area contributed by atoms with E-state index in [0.29, 0.717) is 17.9 Å². The summed E-state index contributed by atoms with van der Waals surface area (Å²) in [5.41, 5.74) is -0.267. The molecule has 0 aromatic carbocycles. The molecular formula is C18H36N2O. The third-order valence-corrected chi connectivity index (χ3v) is 4.32. The Balaban J connectivity index is 2.61. The first-order valence-electron chi connectivity index (χ1n) is 8.76. The number of amides is 1. The van der Waals surface area contributed by atoms with E-state index < -0.39 is 0 Å². The summed E-state index contributed by atoms with van der Waals surface area (Å²) in [6.45, 7) is 15.8. The van der Waals surface area contributed by atoms with E-state index >= 15 is 0 Å². The molecule has 0 bridgehead atoms. The van der Waals surface area contributed by atoms with Crippen LogP contribution in [0.25, 0.3) is 0 Å². The van der Waals surface area contributed by atoms with Crippen LogP contribution in [-0.2, 0) is 4.79 Å². The van der Waals surface area contributed by atoms with Gasteiger partial charge in [-0.15, -0.1) is 0 Å². The van der Waals surface area contributed by atoms with Crippen molar-refractivity contribution in [2.75, 3.05) is 19.6 Å². The van der Waals surface area contributed by atoms with Gasteiger partial charge in [-0.3, -0.25) is 4.79 Å². The average Bonchev–Trinajstić information content (AvgIpc) is 2.36. The summed E-state index contributed by atoms with van der Waals surface area (Å²) in [7, 11) is 0. The Morgan fingerprint density at radius 2 is 1.95 bits per heavy atom. The third-order valence-electron chi connectivity index (χ3n) is 4.32. The number of piperidine rings is 1. The Bertz CT molecular complexity index is 320. The van der Waals surface area contributed by atoms with Crippen molar-refractivity contribution in [3.05, 3.63) is 0 Å². The van der Waals surface area contributed by atoms with Crippen molar-refractivity contribution < 1.29 is 4.79 Å². The van der Waals surface area contributed by atoms with Crippen molar-refractivity contribution in [2.45, 2.75) is 73.3 Å². The molecule has 3 heteroatoms. The molecule has 0 aromatic rings. The van der Waals surface area contributed by atoms with E-state index in [9.17, 15) is 4.79 Å². The summed E-state index contributed by atoms with van der Waals surface area (Å²) in [5.74, 6) is 1.70. The zero-order valence-corrected chi connectivity index (χ0v) is 15.0. The molecule has 0 aromatic heterocycles. The highest BCUT2D eigenvalue weighted by Crippen LogP contribution is 2.26. The molecule has 124 valence electrons. The molecule has 1 heterocycles. The van der Waals surface area contributed by atoms with Crippen LogP contribution < -0.4 is 5.32 Å². The van der Waals surface area contributed by atoms with Crippen LogP contribution in [0.1, 0.15) is 67.2 Å². The molecule has 2 unspecified atom stereocenters. The topological polar surface area (TPSA) is 32.3 Å². The Hall–Kier alpha value is -0.570. The molecule has 0 saturated carbocycles. The second-order valence-electron chi connectivity index (χ2n) is 8.18. The first-order valence-corrected chi connectivity index (χ1v) is 8.76. The first kappa shape index (κ1) is 18.5. The van der Waals surface area contributed by atoms with E-state index in [1.54, 1.807) is 0 Å². The van der Waals surface area contributed by atoms with E-state index in [2.05, 4.69) is 31.0 Å². The number of rotatable bonds is 6. The maximum absolute atomic E-state index is 12.6. The number of nitrogens with one attached hydrogen (secondary N) is 1. The van der Waals surface area contributed by atoms with Crippen LogP contribution in [0.3, 0.4) is 0 Å². The summed E-state index contributed by atoms with van der Waals surface area (Å²) in [4.78, 5) is 14.7. The second kappa shape index (κ2) is 8.17. The van der Waals surface area contributed by atoms with Gasteiger partial charge in [0, 0.05) is 24.5 Å². The van der Waals surface area contributed by atoms with Gasteiger partial charge in [-0.05, 0) is 37.6 Å². The molecule has 1 aliphatic rings. The molecule has 1 aliphatic heterocycles. The zero-order valence-electron chi connectivity index (χ0n) is 15.0. The fourth-order valence-corrected chi connectivity index (χ4v) is 3.19. The molecule has 21 heavy (non-hydrogen) atoms. The van der Waals surface area contributed by atoms with Gasteiger partial charge in [0.05, 0.1) is 0 Å². The van der Waals surface area contributed by atoms with Crippen molar-refractivity contribution in [1.82, 2.24) is 10.2 Å². The molecule has 1 rings (SSSR count). The van der Waals surface area contributed by atoms with Crippen LogP contribution in [0.2, 0.25) is 0 Å². The predicted molar refractivity (Wildman–Crippen MR) is 90.3 cm³/mol. The number of nitrogens with zero attached hydrogens (tertiary/aromatic N) is 1. The summed E-state index contributed by atoms with van der Waals surface area (Å²) in [5, 5.41) is 3.68. The Morgan fingerprint density at radius 3 is 2.48 bits per heavy atom. The SMILES string of the molecule is CCCC1CC(NCCC(C)C)CN(C(=O)C(C)(C)C)C1. The molecule has 1 N–H and O–H groups in total. The van der Waals surface area contributed by atoms with Crippen molar-refractivity contribution in [2.24, 2.45) is 17.3 Å². The molecule has 0 aliphatic carbocycles. The highest BCUT2D eigenvalue weighted by molar-refractivity contribution is 5.81. The van der Waals surface area contributed by atoms with Gasteiger partial charge in [0.2, 0.25) is 5.91 Å². The van der Waals surface area contributed by atoms with E-state index in [4.69, 9.17) is 0 Å². The van der Waals surface area contributed by atoms with Crippen LogP contribution in [-0.4, -0.2) is 36.5 Å². The minimum atomic E-state index is -0.267. The standard InChI is InChI=1S/C18H36N2O/c1-7-8-15-11-16(19-10-9-14(2)3)13-20(12-15)17(21)18(4,5)6/h14-16,19H,7-13H2,1-6H3. The largest absolute Gasteiger partial charge is 0.340 e. The molecule has 0 spiro atoms. The van der Waals surface area contributed by atoms with Gasteiger partial charge in [0.1, 0.15) is 0 Å². The van der Waals surface area contributed by atoms with E-state index in [0.717, 1.165) is 25.6 Å². The number of carbonyl (C=O) groups excluding carboxylic acids is 1. The fraction of sp³-hybridized carbons (Fsp3) is 0.944. The molecular weight excluding hydrogens is 260 g/mol. The van der Waals surface area contributed by atoms with E-state index in [-0.39, 0.29) is 5.41 Å². The predicted octanol–water partition coefficient (Wildman–Crippen LogP) is 3.69. The van der Waals surface area contributed by atoms with E-state index in [1.165, 1.54) is 25.7 Å². The van der Waals surface area contributed by atoms with Gasteiger partial charge >= 0.3 is 0 Å². The summed E-state index contributed by atoms with van der Waals surface area (Å²) in [6, 6.07) is 0.473. The summed E-state index contributed by atoms with van der Waals surface area (Å²) >= 11 is 0.